The van der Waals surface area contributed by atoms with Gasteiger partial charge in [0.1, 0.15) is 11.5 Å². The van der Waals surface area contributed by atoms with E-state index in [9.17, 15) is 14.0 Å². The molecule has 7 nitrogen and oxygen atoms in total. The average Bonchev–Trinajstić information content (AvgIpc) is 2.75. The van der Waals surface area contributed by atoms with Gasteiger partial charge in [-0.05, 0) is 35.9 Å². The minimum atomic E-state index is -0.676. The van der Waals surface area contributed by atoms with Crippen LogP contribution in [0.2, 0.25) is 0 Å². The number of hydrogen-bond acceptors (Lipinski definition) is 6. The Morgan fingerprint density at radius 3 is 2.37 bits per heavy atom. The van der Waals surface area contributed by atoms with E-state index in [1.54, 1.807) is 31.4 Å². The molecule has 0 spiro atoms. The van der Waals surface area contributed by atoms with Gasteiger partial charge in [-0.3, -0.25) is 4.79 Å². The smallest absolute Gasteiger partial charge is 0.331 e. The minimum absolute atomic E-state index is 0.127. The van der Waals surface area contributed by atoms with Gasteiger partial charge in [0.2, 0.25) is 0 Å². The number of halogens is 1. The first-order chi connectivity index (χ1) is 14.4. The zero-order chi connectivity index (χ0) is 22.1. The van der Waals surface area contributed by atoms with Crippen molar-refractivity contribution >= 4 is 18.0 Å². The van der Waals surface area contributed by atoms with Crippen molar-refractivity contribution in [3.63, 3.8) is 0 Å². The third-order valence-corrected chi connectivity index (χ3v) is 4.24. The number of likely N-dealkylation sites (N-methyl/N-ethyl adjacent to an activating group) is 1. The van der Waals surface area contributed by atoms with E-state index in [0.29, 0.717) is 22.6 Å². The summed E-state index contributed by atoms with van der Waals surface area (Å²) in [4.78, 5) is 25.4. The molecule has 0 N–H and O–H groups in total. The number of benzene rings is 2. The first-order valence-corrected chi connectivity index (χ1v) is 9.01. The van der Waals surface area contributed by atoms with Gasteiger partial charge in [0.05, 0.1) is 21.3 Å². The van der Waals surface area contributed by atoms with E-state index in [2.05, 4.69) is 0 Å². The molecule has 0 atom stereocenters. The Morgan fingerprint density at radius 1 is 1.00 bits per heavy atom. The SMILES string of the molecule is COc1ccc(/C=C/C(=O)OCC(=O)N(C)Cc2ccc(OC)c(F)c2)c(OC)c1. The summed E-state index contributed by atoms with van der Waals surface area (Å²) in [7, 11) is 5.96. The predicted molar refractivity (Wildman–Crippen MR) is 109 cm³/mol. The van der Waals surface area contributed by atoms with Gasteiger partial charge in [-0.1, -0.05) is 6.07 Å². The molecule has 0 bridgehead atoms. The zero-order valence-electron chi connectivity index (χ0n) is 17.3. The fourth-order valence-electron chi connectivity index (χ4n) is 2.58. The maximum atomic E-state index is 13.8. The predicted octanol–water partition coefficient (Wildman–Crippen LogP) is 3.07. The number of rotatable bonds is 9. The minimum Gasteiger partial charge on any atom is -0.497 e. The Labute approximate surface area is 174 Å². The lowest BCUT2D eigenvalue weighted by Crippen LogP contribution is -2.30. The van der Waals surface area contributed by atoms with Gasteiger partial charge < -0.3 is 23.8 Å². The van der Waals surface area contributed by atoms with Crippen LogP contribution in [-0.4, -0.2) is 51.8 Å². The van der Waals surface area contributed by atoms with E-state index in [1.807, 2.05) is 0 Å². The molecule has 2 aromatic rings. The number of carbonyl (C=O) groups is 2. The molecule has 0 heterocycles. The Morgan fingerprint density at radius 2 is 1.73 bits per heavy atom. The normalized spacial score (nSPS) is 10.6. The number of ether oxygens (including phenoxy) is 4. The monoisotopic (exact) mass is 417 g/mol. The number of hydrogen-bond donors (Lipinski definition) is 0. The molecular weight excluding hydrogens is 393 g/mol. The first-order valence-electron chi connectivity index (χ1n) is 9.01. The Balaban J connectivity index is 1.88. The molecule has 0 fully saturated rings. The van der Waals surface area contributed by atoms with E-state index in [4.69, 9.17) is 18.9 Å². The second-order valence-electron chi connectivity index (χ2n) is 6.27. The summed E-state index contributed by atoms with van der Waals surface area (Å²) in [6.45, 7) is -0.270. The van der Waals surface area contributed by atoms with Crippen LogP contribution >= 0.6 is 0 Å². The van der Waals surface area contributed by atoms with Crippen LogP contribution < -0.4 is 14.2 Å². The number of carbonyl (C=O) groups excluding carboxylic acids is 2. The fraction of sp³-hybridized carbons (Fsp3) is 0.273. The van der Waals surface area contributed by atoms with E-state index >= 15 is 0 Å². The van der Waals surface area contributed by atoms with Crippen LogP contribution in [0.5, 0.6) is 17.2 Å². The highest BCUT2D eigenvalue weighted by atomic mass is 19.1. The van der Waals surface area contributed by atoms with Crippen molar-refractivity contribution in [3.8, 4) is 17.2 Å². The second kappa shape index (κ2) is 10.8. The highest BCUT2D eigenvalue weighted by Gasteiger charge is 2.13. The van der Waals surface area contributed by atoms with Gasteiger partial charge in [0.25, 0.3) is 5.91 Å². The van der Waals surface area contributed by atoms with Crippen molar-refractivity contribution in [2.75, 3.05) is 35.0 Å². The average molecular weight is 417 g/mol. The summed E-state index contributed by atoms with van der Waals surface area (Å²) in [5, 5.41) is 0. The third kappa shape index (κ3) is 6.23. The number of amides is 1. The zero-order valence-corrected chi connectivity index (χ0v) is 17.3. The fourth-order valence-corrected chi connectivity index (χ4v) is 2.58. The number of methoxy groups -OCH3 is 3. The molecule has 0 saturated heterocycles. The van der Waals surface area contributed by atoms with E-state index in [-0.39, 0.29) is 12.3 Å². The van der Waals surface area contributed by atoms with Crippen LogP contribution in [0.15, 0.2) is 42.5 Å². The van der Waals surface area contributed by atoms with Crippen molar-refractivity contribution in [1.29, 1.82) is 0 Å². The molecule has 8 heteroatoms. The van der Waals surface area contributed by atoms with Crippen molar-refractivity contribution in [2.45, 2.75) is 6.54 Å². The van der Waals surface area contributed by atoms with E-state index in [0.717, 1.165) is 0 Å². The molecule has 0 aromatic heterocycles. The molecule has 160 valence electrons. The summed E-state index contributed by atoms with van der Waals surface area (Å²) >= 11 is 0. The Kier molecular flexibility index (Phi) is 8.22. The van der Waals surface area contributed by atoms with Crippen molar-refractivity contribution < 1.29 is 32.9 Å². The van der Waals surface area contributed by atoms with E-state index in [1.165, 1.54) is 50.5 Å². The first kappa shape index (κ1) is 22.7. The lowest BCUT2D eigenvalue weighted by molar-refractivity contribution is -0.147. The van der Waals surface area contributed by atoms with Crippen LogP contribution in [0.25, 0.3) is 6.08 Å². The lowest BCUT2D eigenvalue weighted by Gasteiger charge is -2.17. The van der Waals surface area contributed by atoms with Crippen molar-refractivity contribution in [1.82, 2.24) is 4.90 Å². The third-order valence-electron chi connectivity index (χ3n) is 4.24. The van der Waals surface area contributed by atoms with Crippen molar-refractivity contribution in [2.24, 2.45) is 0 Å². The largest absolute Gasteiger partial charge is 0.497 e. The van der Waals surface area contributed by atoms with Gasteiger partial charge in [-0.25, -0.2) is 9.18 Å². The summed E-state index contributed by atoms with van der Waals surface area (Å²) in [5.74, 6) is -0.332. The quantitative estimate of drug-likeness (QED) is 0.461. The molecule has 0 aliphatic heterocycles. The molecule has 2 rings (SSSR count). The van der Waals surface area contributed by atoms with Gasteiger partial charge >= 0.3 is 5.97 Å². The van der Waals surface area contributed by atoms with Crippen LogP contribution in [0, 0.1) is 5.82 Å². The van der Waals surface area contributed by atoms with Gasteiger partial charge in [0, 0.05) is 31.3 Å². The molecule has 1 amide bonds. The standard InChI is InChI=1S/C22H24FNO6/c1-24(13-15-5-9-19(28-3)18(23)11-15)21(25)14-30-22(26)10-7-16-6-8-17(27-2)12-20(16)29-4/h5-12H,13-14H2,1-4H3/b10-7+. The molecular formula is C22H24FNO6. The van der Waals surface area contributed by atoms with E-state index < -0.39 is 24.3 Å². The molecule has 30 heavy (non-hydrogen) atoms. The number of esters is 1. The van der Waals surface area contributed by atoms with Crippen LogP contribution in [0.3, 0.4) is 0 Å². The highest BCUT2D eigenvalue weighted by Crippen LogP contribution is 2.25. The highest BCUT2D eigenvalue weighted by molar-refractivity contribution is 5.89. The van der Waals surface area contributed by atoms with Gasteiger partial charge in [-0.2, -0.15) is 0 Å². The molecule has 0 saturated carbocycles. The lowest BCUT2D eigenvalue weighted by atomic mass is 10.2. The summed E-state index contributed by atoms with van der Waals surface area (Å²) in [6.07, 6.45) is 2.73. The Hall–Kier alpha value is -3.55. The second-order valence-corrected chi connectivity index (χ2v) is 6.27. The maximum Gasteiger partial charge on any atom is 0.331 e. The van der Waals surface area contributed by atoms with Crippen LogP contribution in [-0.2, 0) is 20.9 Å². The maximum absolute atomic E-state index is 13.8. The topological polar surface area (TPSA) is 74.3 Å². The molecule has 0 radical (unpaired) electrons. The van der Waals surface area contributed by atoms with Gasteiger partial charge in [0.15, 0.2) is 18.2 Å². The molecule has 0 aliphatic carbocycles. The Bertz CT molecular complexity index is 928. The molecule has 2 aromatic carbocycles. The molecule has 0 aliphatic rings. The number of nitrogens with zero attached hydrogens (tertiary/aromatic N) is 1. The molecule has 0 unspecified atom stereocenters. The van der Waals surface area contributed by atoms with Crippen LogP contribution in [0.1, 0.15) is 11.1 Å². The summed E-state index contributed by atoms with van der Waals surface area (Å²) in [6, 6.07) is 9.58. The van der Waals surface area contributed by atoms with Crippen LogP contribution in [0.4, 0.5) is 4.39 Å². The summed E-state index contributed by atoms with van der Waals surface area (Å²) < 4.78 is 34.0. The van der Waals surface area contributed by atoms with Crippen molar-refractivity contribution in [3.05, 3.63) is 59.4 Å². The van der Waals surface area contributed by atoms with Gasteiger partial charge in [-0.15, -0.1) is 0 Å². The summed E-state index contributed by atoms with van der Waals surface area (Å²) in [5.41, 5.74) is 1.24.